The van der Waals surface area contributed by atoms with Crippen LogP contribution in [0, 0.1) is 25.7 Å². The van der Waals surface area contributed by atoms with Crippen molar-refractivity contribution in [3.05, 3.63) is 211 Å². The molecule has 0 saturated heterocycles. The van der Waals surface area contributed by atoms with Crippen LogP contribution in [0.4, 0.5) is 17.1 Å². The second kappa shape index (κ2) is 17.7. The van der Waals surface area contributed by atoms with E-state index in [1.165, 1.54) is 11.6 Å². The van der Waals surface area contributed by atoms with E-state index in [4.69, 9.17) is 20.7 Å². The molecular formula is C57H49N4OPt-3. The average molecular weight is 1010 g/mol. The molecule has 63 heavy (non-hydrogen) atoms. The first-order valence-corrected chi connectivity index (χ1v) is 20.9. The van der Waals surface area contributed by atoms with Crippen molar-refractivity contribution in [3.63, 3.8) is 0 Å². The normalized spacial score (nSPS) is 14.5. The van der Waals surface area contributed by atoms with Gasteiger partial charge in [-0.1, -0.05) is 129 Å². The molecule has 6 heteroatoms. The maximum atomic E-state index is 8.67. The third-order valence-corrected chi connectivity index (χ3v) is 11.6. The van der Waals surface area contributed by atoms with Gasteiger partial charge in [0.05, 0.1) is 13.5 Å². The topological polar surface area (TPSA) is 33.5 Å². The molecule has 0 amide bonds. The van der Waals surface area contributed by atoms with E-state index in [1.54, 1.807) is 12.1 Å². The maximum absolute atomic E-state index is 8.67. The summed E-state index contributed by atoms with van der Waals surface area (Å²) in [5, 5.41) is 2.14. The summed E-state index contributed by atoms with van der Waals surface area (Å²) in [4.78, 5) is 9.07. The average Bonchev–Trinajstić information content (AvgIpc) is 3.89. The molecule has 1 aliphatic rings. The van der Waals surface area contributed by atoms with Gasteiger partial charge >= 0.3 is 0 Å². The van der Waals surface area contributed by atoms with Crippen LogP contribution >= 0.6 is 0 Å². The van der Waals surface area contributed by atoms with Crippen LogP contribution in [-0.4, -0.2) is 16.1 Å². The van der Waals surface area contributed by atoms with Gasteiger partial charge in [0.25, 0.3) is 0 Å². The first-order valence-electron chi connectivity index (χ1n) is 24.9. The van der Waals surface area contributed by atoms with E-state index in [0.717, 1.165) is 61.4 Å². The van der Waals surface area contributed by atoms with Crippen molar-refractivity contribution >= 4 is 38.9 Å². The molecule has 0 bridgehead atoms. The number of hydrogen-bond donors (Lipinski definition) is 0. The fourth-order valence-corrected chi connectivity index (χ4v) is 8.39. The van der Waals surface area contributed by atoms with E-state index >= 15 is 0 Å². The Labute approximate surface area is 397 Å². The van der Waals surface area contributed by atoms with Crippen LogP contribution in [0.5, 0.6) is 5.75 Å². The van der Waals surface area contributed by atoms with E-state index < -0.39 is 25.0 Å². The van der Waals surface area contributed by atoms with Gasteiger partial charge in [-0.3, -0.25) is 0 Å². The monoisotopic (exact) mass is 1010 g/mol. The van der Waals surface area contributed by atoms with E-state index in [-0.39, 0.29) is 62.7 Å². The summed E-state index contributed by atoms with van der Waals surface area (Å²) in [6.45, 7) is 6.88. The molecule has 0 radical (unpaired) electrons. The molecule has 0 aliphatic carbocycles. The van der Waals surface area contributed by atoms with E-state index in [9.17, 15) is 0 Å². The summed E-state index contributed by atoms with van der Waals surface area (Å²) in [7, 11) is 0. The molecule has 316 valence electrons. The summed E-state index contributed by atoms with van der Waals surface area (Å²) >= 11 is 0. The SMILES string of the molecule is [2H]c1c([2H])c([2H])c(-c2cccc(C([2H])([2H])[2H])c2CCCN2[CH-]N(c3[c-]c(COc4[c-]c5c(cc4)c4cc(-c6ccccc6)ccc4n5-c4cc(C(C)(C)C)ccn4)ccc3)c3ccccc32)c([2H])c1[2H].[Pt]. The van der Waals surface area contributed by atoms with Gasteiger partial charge in [-0.2, -0.15) is 37.0 Å². The molecule has 2 aromatic heterocycles. The van der Waals surface area contributed by atoms with Crippen LogP contribution in [0.3, 0.4) is 0 Å². The van der Waals surface area contributed by atoms with Gasteiger partial charge in [0, 0.05) is 54.0 Å². The minimum absolute atomic E-state index is 0. The standard InChI is InChI=1S/C57H49N4O.Pt/c1-40-16-13-23-49(43-20-9-6-10-21-43)48(40)24-15-33-59-39-60(54-26-12-11-25-53(54)59)46-22-14-17-41(34-46)38-62-47-28-29-50-51-35-44(42-18-7-5-8-19-42)27-30-52(51)61(55(50)37-47)56-36-45(31-32-58-56)57(2,3)4;/h5-14,16-23,25-32,35-36,39H,15,24,33,38H2,1-4H3;/q-3;/i1D3,6D,9D,10D,20D,21D;. The quantitative estimate of drug-likeness (QED) is 0.121. The van der Waals surface area contributed by atoms with Crippen LogP contribution in [0.1, 0.15) is 60.4 Å². The minimum Gasteiger partial charge on any atom is -0.517 e. The van der Waals surface area contributed by atoms with Crippen molar-refractivity contribution in [2.75, 3.05) is 16.3 Å². The molecule has 9 aromatic rings. The molecule has 3 heterocycles. The van der Waals surface area contributed by atoms with Crippen molar-refractivity contribution in [3.8, 4) is 33.8 Å². The molecule has 0 saturated carbocycles. The van der Waals surface area contributed by atoms with Crippen molar-refractivity contribution < 1.29 is 36.8 Å². The molecule has 10 rings (SSSR count). The Morgan fingerprint density at radius 1 is 0.746 bits per heavy atom. The number of ether oxygens (including phenoxy) is 1. The summed E-state index contributed by atoms with van der Waals surface area (Å²) < 4.78 is 75.8. The number of rotatable bonds is 11. The molecule has 5 nitrogen and oxygen atoms in total. The summed E-state index contributed by atoms with van der Waals surface area (Å²) in [6.07, 6.45) is 2.66. The van der Waals surface area contributed by atoms with Crippen molar-refractivity contribution in [2.45, 2.75) is 52.5 Å². The van der Waals surface area contributed by atoms with Crippen molar-refractivity contribution in [2.24, 2.45) is 0 Å². The summed E-state index contributed by atoms with van der Waals surface area (Å²) in [6, 6.07) is 49.0. The number of pyridine rings is 1. The van der Waals surface area contributed by atoms with Crippen LogP contribution in [0.15, 0.2) is 170 Å². The number of aromatic nitrogens is 2. The predicted molar refractivity (Wildman–Crippen MR) is 256 cm³/mol. The number of anilines is 3. The molecule has 7 aromatic carbocycles. The van der Waals surface area contributed by atoms with Gasteiger partial charge in [-0.25, -0.2) is 4.98 Å². The Hall–Kier alpha value is -6.42. The number of fused-ring (bicyclic) bond motifs is 4. The third-order valence-electron chi connectivity index (χ3n) is 11.6. The Morgan fingerprint density at radius 3 is 2.38 bits per heavy atom. The molecule has 0 atom stereocenters. The summed E-state index contributed by atoms with van der Waals surface area (Å²) in [5.41, 5.74) is 9.68. The molecule has 0 spiro atoms. The van der Waals surface area contributed by atoms with Crippen LogP contribution in [0.25, 0.3) is 49.9 Å². The van der Waals surface area contributed by atoms with Gasteiger partial charge in [-0.05, 0) is 106 Å². The Bertz CT molecular complexity index is 3430. The first kappa shape index (κ1) is 33.2. The summed E-state index contributed by atoms with van der Waals surface area (Å²) in [5.74, 6) is 1.40. The first-order chi connectivity index (χ1) is 33.6. The number of nitrogens with zero attached hydrogens (tertiary/aromatic N) is 4. The maximum Gasteiger partial charge on any atom is 0.135 e. The number of aryl methyl sites for hydroxylation is 1. The van der Waals surface area contributed by atoms with E-state index in [0.29, 0.717) is 29.8 Å². The zero-order chi connectivity index (χ0) is 49.1. The molecule has 0 unspecified atom stereocenters. The fraction of sp³-hybridized carbons (Fsp3) is 0.158. The van der Waals surface area contributed by atoms with Gasteiger partial charge in [0.2, 0.25) is 0 Å². The van der Waals surface area contributed by atoms with Crippen molar-refractivity contribution in [1.29, 1.82) is 0 Å². The second-order valence-electron chi connectivity index (χ2n) is 16.6. The van der Waals surface area contributed by atoms with Gasteiger partial charge in [0.15, 0.2) is 0 Å². The fourth-order valence-electron chi connectivity index (χ4n) is 8.39. The van der Waals surface area contributed by atoms with Crippen LogP contribution < -0.4 is 14.5 Å². The van der Waals surface area contributed by atoms with Gasteiger partial charge < -0.3 is 19.1 Å². The van der Waals surface area contributed by atoms with Gasteiger partial charge in [-0.15, -0.1) is 28.8 Å². The molecule has 0 N–H and O–H groups in total. The molecule has 0 fully saturated rings. The van der Waals surface area contributed by atoms with Gasteiger partial charge in [0.1, 0.15) is 5.82 Å². The van der Waals surface area contributed by atoms with Crippen LogP contribution in [-0.2, 0) is 39.5 Å². The smallest absolute Gasteiger partial charge is 0.135 e. The number of benzene rings is 7. The van der Waals surface area contributed by atoms with E-state index in [1.807, 2.05) is 67.5 Å². The Morgan fingerprint density at radius 2 is 1.56 bits per heavy atom. The van der Waals surface area contributed by atoms with Crippen molar-refractivity contribution in [1.82, 2.24) is 9.55 Å². The Kier molecular flexibility index (Phi) is 9.35. The number of hydrogen-bond acceptors (Lipinski definition) is 4. The minimum atomic E-state index is -2.49. The van der Waals surface area contributed by atoms with E-state index in [2.05, 4.69) is 108 Å². The largest absolute Gasteiger partial charge is 0.517 e. The zero-order valence-corrected chi connectivity index (χ0v) is 37.5. The predicted octanol–water partition coefficient (Wildman–Crippen LogP) is 14.0. The molecule has 1 aliphatic heterocycles. The molecular weight excluding hydrogens is 952 g/mol. The second-order valence-corrected chi connectivity index (χ2v) is 16.6. The third kappa shape index (κ3) is 8.43. The number of para-hydroxylation sites is 2. The van der Waals surface area contributed by atoms with Crippen LogP contribution in [0.2, 0.25) is 0 Å². The zero-order valence-electron chi connectivity index (χ0n) is 43.2. The Balaban J connectivity index is 0.00000624.